The van der Waals surface area contributed by atoms with Crippen molar-refractivity contribution in [2.24, 2.45) is 35.5 Å². The Bertz CT molecular complexity index is 463. The van der Waals surface area contributed by atoms with Gasteiger partial charge >= 0.3 is 11.9 Å². The van der Waals surface area contributed by atoms with Gasteiger partial charge in [-0.05, 0) is 62.2 Å². The normalized spacial score (nSPS) is 27.5. The van der Waals surface area contributed by atoms with Crippen molar-refractivity contribution >= 4 is 11.9 Å². The maximum Gasteiger partial charge on any atom is 0.310 e. The van der Waals surface area contributed by atoms with E-state index in [1.54, 1.807) is 0 Å². The minimum atomic E-state index is -0.288. The molecule has 2 unspecified atom stereocenters. The zero-order valence-electron chi connectivity index (χ0n) is 20.0. The first-order chi connectivity index (χ1) is 14.5. The fraction of sp³-hybridized carbons (Fsp3) is 0.923. The summed E-state index contributed by atoms with van der Waals surface area (Å²) >= 11 is 0. The number of ether oxygens (including phenoxy) is 2. The van der Waals surface area contributed by atoms with Gasteiger partial charge in [0.1, 0.15) is 0 Å². The van der Waals surface area contributed by atoms with Crippen molar-refractivity contribution in [3.63, 3.8) is 0 Å². The molecule has 4 nitrogen and oxygen atoms in total. The lowest BCUT2D eigenvalue weighted by Crippen LogP contribution is -2.49. The SMILES string of the molecule is CCCCC(CC)COC(=O)[C@H]1C2CCC(CC2)[C@@H]1C(=O)OCC(CC)CCCC. The molecule has 4 heteroatoms. The Balaban J connectivity index is 1.96. The van der Waals surface area contributed by atoms with Crippen LogP contribution in [0.15, 0.2) is 0 Å². The Hall–Kier alpha value is -1.06. The third-order valence-electron chi connectivity index (χ3n) is 7.77. The highest BCUT2D eigenvalue weighted by Gasteiger charge is 2.51. The number of hydrogen-bond acceptors (Lipinski definition) is 4. The van der Waals surface area contributed by atoms with Gasteiger partial charge in [0, 0.05) is 0 Å². The van der Waals surface area contributed by atoms with Crippen LogP contribution in [0, 0.1) is 35.5 Å². The highest BCUT2D eigenvalue weighted by Crippen LogP contribution is 2.50. The van der Waals surface area contributed by atoms with Crippen LogP contribution in [0.5, 0.6) is 0 Å². The molecule has 3 aliphatic rings. The van der Waals surface area contributed by atoms with Gasteiger partial charge in [-0.25, -0.2) is 0 Å². The van der Waals surface area contributed by atoms with E-state index in [0.29, 0.717) is 25.0 Å². The number of carbonyl (C=O) groups excluding carboxylic acids is 2. The van der Waals surface area contributed by atoms with E-state index in [0.717, 1.165) is 51.4 Å². The van der Waals surface area contributed by atoms with Crippen LogP contribution in [-0.2, 0) is 19.1 Å². The third kappa shape index (κ3) is 6.99. The molecule has 4 atom stereocenters. The molecule has 0 N–H and O–H groups in total. The van der Waals surface area contributed by atoms with E-state index < -0.39 is 0 Å². The molecule has 174 valence electrons. The van der Waals surface area contributed by atoms with Crippen LogP contribution in [0.4, 0.5) is 0 Å². The summed E-state index contributed by atoms with van der Waals surface area (Å²) in [5.41, 5.74) is 0. The Morgan fingerprint density at radius 2 is 1.07 bits per heavy atom. The van der Waals surface area contributed by atoms with Gasteiger partial charge in [0.05, 0.1) is 25.0 Å². The van der Waals surface area contributed by atoms with E-state index in [9.17, 15) is 9.59 Å². The molecular weight excluding hydrogens is 376 g/mol. The van der Waals surface area contributed by atoms with Crippen LogP contribution in [-0.4, -0.2) is 25.2 Å². The molecule has 3 rings (SSSR count). The average Bonchev–Trinajstić information content (AvgIpc) is 2.79. The minimum absolute atomic E-state index is 0.140. The summed E-state index contributed by atoms with van der Waals surface area (Å²) in [5, 5.41) is 0. The van der Waals surface area contributed by atoms with Crippen molar-refractivity contribution < 1.29 is 19.1 Å². The lowest BCUT2D eigenvalue weighted by atomic mass is 9.58. The van der Waals surface area contributed by atoms with Gasteiger partial charge in [-0.2, -0.15) is 0 Å². The van der Waals surface area contributed by atoms with E-state index in [-0.39, 0.29) is 35.6 Å². The summed E-state index contributed by atoms with van der Waals surface area (Å²) in [7, 11) is 0. The van der Waals surface area contributed by atoms with E-state index >= 15 is 0 Å². The molecule has 30 heavy (non-hydrogen) atoms. The molecule has 0 amide bonds. The van der Waals surface area contributed by atoms with Crippen molar-refractivity contribution in [3.8, 4) is 0 Å². The van der Waals surface area contributed by atoms with Crippen molar-refractivity contribution in [2.45, 2.75) is 105 Å². The van der Waals surface area contributed by atoms with Crippen LogP contribution in [0.25, 0.3) is 0 Å². The quantitative estimate of drug-likeness (QED) is 0.298. The summed E-state index contributed by atoms with van der Waals surface area (Å²) in [6.07, 6.45) is 13.2. The Morgan fingerprint density at radius 3 is 1.37 bits per heavy atom. The van der Waals surface area contributed by atoms with E-state index in [2.05, 4.69) is 27.7 Å². The number of esters is 2. The fourth-order valence-electron chi connectivity index (χ4n) is 5.52. The second-order valence-corrected chi connectivity index (χ2v) is 9.82. The molecule has 0 heterocycles. The summed E-state index contributed by atoms with van der Waals surface area (Å²) in [6, 6.07) is 0. The smallest absolute Gasteiger partial charge is 0.310 e. The maximum atomic E-state index is 13.1. The predicted molar refractivity (Wildman–Crippen MR) is 121 cm³/mol. The molecule has 0 aromatic rings. The van der Waals surface area contributed by atoms with Crippen molar-refractivity contribution in [2.75, 3.05) is 13.2 Å². The fourth-order valence-corrected chi connectivity index (χ4v) is 5.52. The topological polar surface area (TPSA) is 52.6 Å². The molecule has 0 saturated heterocycles. The Morgan fingerprint density at radius 1 is 0.700 bits per heavy atom. The average molecular weight is 423 g/mol. The number of carbonyl (C=O) groups is 2. The monoisotopic (exact) mass is 422 g/mol. The van der Waals surface area contributed by atoms with E-state index in [4.69, 9.17) is 9.47 Å². The van der Waals surface area contributed by atoms with E-state index in [1.165, 1.54) is 25.7 Å². The molecular formula is C26H46O4. The zero-order chi connectivity index (χ0) is 21.9. The van der Waals surface area contributed by atoms with Crippen LogP contribution in [0.2, 0.25) is 0 Å². The van der Waals surface area contributed by atoms with Crippen molar-refractivity contribution in [1.82, 2.24) is 0 Å². The summed E-state index contributed by atoms with van der Waals surface area (Å²) in [4.78, 5) is 26.2. The molecule has 0 aromatic carbocycles. The first kappa shape index (κ1) is 25.2. The largest absolute Gasteiger partial charge is 0.465 e. The highest BCUT2D eigenvalue weighted by molar-refractivity contribution is 5.83. The van der Waals surface area contributed by atoms with Crippen LogP contribution in [0.3, 0.4) is 0 Å². The van der Waals surface area contributed by atoms with Gasteiger partial charge in [-0.3, -0.25) is 9.59 Å². The second-order valence-electron chi connectivity index (χ2n) is 9.82. The van der Waals surface area contributed by atoms with Gasteiger partial charge in [0.15, 0.2) is 0 Å². The Labute approximate surface area is 184 Å². The molecule has 2 bridgehead atoms. The van der Waals surface area contributed by atoms with Crippen molar-refractivity contribution in [3.05, 3.63) is 0 Å². The summed E-state index contributed by atoms with van der Waals surface area (Å²) < 4.78 is 11.6. The highest BCUT2D eigenvalue weighted by atomic mass is 16.5. The molecule has 3 saturated carbocycles. The molecule has 0 spiro atoms. The molecule has 0 aliphatic heterocycles. The number of hydrogen-bond donors (Lipinski definition) is 0. The number of unbranched alkanes of at least 4 members (excludes halogenated alkanes) is 2. The molecule has 0 aromatic heterocycles. The molecule has 0 radical (unpaired) electrons. The van der Waals surface area contributed by atoms with Gasteiger partial charge in [-0.1, -0.05) is 66.2 Å². The van der Waals surface area contributed by atoms with Crippen LogP contribution < -0.4 is 0 Å². The molecule has 3 aliphatic carbocycles. The molecule has 3 fully saturated rings. The van der Waals surface area contributed by atoms with Gasteiger partial charge < -0.3 is 9.47 Å². The lowest BCUT2D eigenvalue weighted by Gasteiger charge is -2.46. The summed E-state index contributed by atoms with van der Waals surface area (Å²) in [6.45, 7) is 9.72. The van der Waals surface area contributed by atoms with E-state index in [1.807, 2.05) is 0 Å². The van der Waals surface area contributed by atoms with Crippen LogP contribution in [0.1, 0.15) is 105 Å². The number of rotatable bonds is 14. The first-order valence-electron chi connectivity index (χ1n) is 12.9. The second kappa shape index (κ2) is 13.4. The summed E-state index contributed by atoms with van der Waals surface area (Å²) in [5.74, 6) is 0.594. The van der Waals surface area contributed by atoms with Crippen LogP contribution >= 0.6 is 0 Å². The standard InChI is InChI=1S/C26H46O4/c1-5-9-11-19(7-3)17-29-25(27)23-21-13-15-22(16-14-21)24(23)26(28)30-18-20(8-4)12-10-6-2/h19-24H,5-18H2,1-4H3/t19?,20?,21?,22?,23-,24-/m0/s1. The first-order valence-corrected chi connectivity index (χ1v) is 12.9. The predicted octanol–water partition coefficient (Wildman–Crippen LogP) is 6.56. The van der Waals surface area contributed by atoms with Gasteiger partial charge in [-0.15, -0.1) is 0 Å². The number of fused-ring (bicyclic) bond motifs is 3. The minimum Gasteiger partial charge on any atom is -0.465 e. The van der Waals surface area contributed by atoms with Gasteiger partial charge in [0.2, 0.25) is 0 Å². The van der Waals surface area contributed by atoms with Gasteiger partial charge in [0.25, 0.3) is 0 Å². The third-order valence-corrected chi connectivity index (χ3v) is 7.77. The lowest BCUT2D eigenvalue weighted by molar-refractivity contribution is -0.174. The zero-order valence-corrected chi connectivity index (χ0v) is 20.0. The maximum absolute atomic E-state index is 13.1. The Kier molecular flexibility index (Phi) is 11.2. The van der Waals surface area contributed by atoms with Crippen molar-refractivity contribution in [1.29, 1.82) is 0 Å².